The van der Waals surface area contributed by atoms with Gasteiger partial charge in [-0.2, -0.15) is 0 Å². The van der Waals surface area contributed by atoms with Crippen LogP contribution < -0.4 is 0 Å². The molecule has 4 N–H and O–H groups in total. The average Bonchev–Trinajstić information content (AvgIpc) is 2.08. The highest BCUT2D eigenvalue weighted by Crippen LogP contribution is 2.09. The Labute approximate surface area is 74.3 Å². The molecule has 0 atom stereocenters. The minimum atomic E-state index is 0.886. The van der Waals surface area contributed by atoms with Gasteiger partial charge in [0.05, 0.1) is 0 Å². The Balaban J connectivity index is -0.000000175. The van der Waals surface area contributed by atoms with Gasteiger partial charge in [0, 0.05) is 0 Å². The zero-order valence-corrected chi connectivity index (χ0v) is 8.36. The number of hydrogen-bond acceptors (Lipinski definition) is 4. The van der Waals surface area contributed by atoms with Crippen LogP contribution in [0.15, 0.2) is 0 Å². The highest BCUT2D eigenvalue weighted by molar-refractivity contribution is 4.48. The van der Waals surface area contributed by atoms with E-state index in [-0.39, 0.29) is 0 Å². The lowest BCUT2D eigenvalue weighted by atomic mass is 10.0. The van der Waals surface area contributed by atoms with Gasteiger partial charge < -0.3 is 0 Å². The van der Waals surface area contributed by atoms with E-state index in [0.717, 1.165) is 11.8 Å². The predicted octanol–water partition coefficient (Wildman–Crippen LogP) is 3.11. The molecule has 0 aliphatic carbocycles. The molecule has 4 nitrogen and oxygen atoms in total. The first-order valence-corrected chi connectivity index (χ1v) is 4.03. The standard InChI is InChI=1S/C8H18.2H2O2/c1-7(2)5-6-8(3)4;2*1-2/h7-8H,5-6H2,1-4H3;2*1-2H. The van der Waals surface area contributed by atoms with E-state index in [1.165, 1.54) is 12.8 Å². The maximum atomic E-state index is 6.00. The first-order chi connectivity index (χ1) is 5.63. The molecule has 0 aliphatic heterocycles. The zero-order valence-electron chi connectivity index (χ0n) is 8.36. The van der Waals surface area contributed by atoms with Crippen LogP contribution in [0.5, 0.6) is 0 Å². The van der Waals surface area contributed by atoms with Crippen molar-refractivity contribution in [2.75, 3.05) is 0 Å². The van der Waals surface area contributed by atoms with Crippen molar-refractivity contribution in [1.82, 2.24) is 0 Å². The Hall–Kier alpha value is -0.160. The Morgan fingerprint density at radius 2 is 0.833 bits per heavy atom. The molecule has 0 heterocycles. The van der Waals surface area contributed by atoms with Crippen molar-refractivity contribution >= 4 is 0 Å². The Bertz CT molecular complexity index is 47.0. The SMILES string of the molecule is CC(C)CCC(C)C.OO.OO. The van der Waals surface area contributed by atoms with E-state index >= 15 is 0 Å². The first-order valence-electron chi connectivity index (χ1n) is 4.03. The molecule has 0 bridgehead atoms. The van der Waals surface area contributed by atoms with Gasteiger partial charge in [0.15, 0.2) is 0 Å². The molecule has 0 saturated carbocycles. The summed E-state index contributed by atoms with van der Waals surface area (Å²) >= 11 is 0. The average molecular weight is 182 g/mol. The molecule has 0 aromatic carbocycles. The second kappa shape index (κ2) is 17.1. The second-order valence-corrected chi connectivity index (χ2v) is 3.37. The topological polar surface area (TPSA) is 80.9 Å². The van der Waals surface area contributed by atoms with Gasteiger partial charge in [-0.15, -0.1) is 0 Å². The van der Waals surface area contributed by atoms with Gasteiger partial charge in [-0.25, -0.2) is 0 Å². The van der Waals surface area contributed by atoms with Gasteiger partial charge in [0.1, 0.15) is 0 Å². The Morgan fingerprint density at radius 1 is 0.667 bits per heavy atom. The van der Waals surface area contributed by atoms with E-state index in [9.17, 15) is 0 Å². The van der Waals surface area contributed by atoms with Crippen LogP contribution >= 0.6 is 0 Å². The van der Waals surface area contributed by atoms with E-state index in [4.69, 9.17) is 21.0 Å². The van der Waals surface area contributed by atoms with Crippen LogP contribution in [0.2, 0.25) is 0 Å². The summed E-state index contributed by atoms with van der Waals surface area (Å²) in [5, 5.41) is 24.0. The van der Waals surface area contributed by atoms with Crippen LogP contribution in [-0.4, -0.2) is 21.0 Å². The molecule has 78 valence electrons. The summed E-state index contributed by atoms with van der Waals surface area (Å²) in [5.74, 6) is 1.77. The van der Waals surface area contributed by atoms with Gasteiger partial charge in [0.2, 0.25) is 0 Å². The monoisotopic (exact) mass is 182 g/mol. The lowest BCUT2D eigenvalue weighted by molar-refractivity contribution is -0.176. The van der Waals surface area contributed by atoms with Gasteiger partial charge in [-0.1, -0.05) is 40.5 Å². The van der Waals surface area contributed by atoms with E-state index < -0.39 is 0 Å². The first kappa shape index (κ1) is 17.8. The summed E-state index contributed by atoms with van der Waals surface area (Å²) in [6, 6.07) is 0. The van der Waals surface area contributed by atoms with Gasteiger partial charge in [-0.3, -0.25) is 21.0 Å². The van der Waals surface area contributed by atoms with Crippen molar-refractivity contribution in [3.63, 3.8) is 0 Å². The highest BCUT2D eigenvalue weighted by atomic mass is 17.0. The molecule has 0 aromatic rings. The fourth-order valence-electron chi connectivity index (χ4n) is 0.667. The maximum absolute atomic E-state index is 6.00. The summed E-state index contributed by atoms with van der Waals surface area (Å²) in [7, 11) is 0. The van der Waals surface area contributed by atoms with E-state index in [1.807, 2.05) is 0 Å². The smallest absolute Gasteiger partial charge is 0.0471 e. The predicted molar refractivity (Wildman–Crippen MR) is 49.4 cm³/mol. The van der Waals surface area contributed by atoms with Crippen molar-refractivity contribution in [2.24, 2.45) is 11.8 Å². The summed E-state index contributed by atoms with van der Waals surface area (Å²) in [4.78, 5) is 0. The number of rotatable bonds is 3. The number of hydrogen-bond donors (Lipinski definition) is 4. The maximum Gasteiger partial charge on any atom is -0.0471 e. The second-order valence-electron chi connectivity index (χ2n) is 3.37. The van der Waals surface area contributed by atoms with Crippen LogP contribution in [0.25, 0.3) is 0 Å². The van der Waals surface area contributed by atoms with Crippen molar-refractivity contribution in [3.05, 3.63) is 0 Å². The molecule has 0 radical (unpaired) electrons. The largest absolute Gasteiger partial charge is 0.255 e. The minimum Gasteiger partial charge on any atom is -0.255 e. The Kier molecular flexibility index (Phi) is 25.3. The fourth-order valence-corrected chi connectivity index (χ4v) is 0.667. The summed E-state index contributed by atoms with van der Waals surface area (Å²) < 4.78 is 0. The molecule has 4 heteroatoms. The van der Waals surface area contributed by atoms with Crippen LogP contribution in [0.4, 0.5) is 0 Å². The normalized spacial score (nSPS) is 8.50. The molecule has 0 aromatic heterocycles. The molecule has 0 fully saturated rings. The third-order valence-electron chi connectivity index (χ3n) is 1.32. The molecule has 0 unspecified atom stereocenters. The van der Waals surface area contributed by atoms with Crippen molar-refractivity contribution in [3.8, 4) is 0 Å². The molecule has 0 rings (SSSR count). The third kappa shape index (κ3) is 32.8. The molecular formula is C8H22O4. The minimum absolute atomic E-state index is 0.886. The molecule has 0 spiro atoms. The van der Waals surface area contributed by atoms with Crippen LogP contribution in [-0.2, 0) is 0 Å². The molecular weight excluding hydrogens is 160 g/mol. The Morgan fingerprint density at radius 3 is 0.917 bits per heavy atom. The molecule has 0 saturated heterocycles. The van der Waals surface area contributed by atoms with Gasteiger partial charge >= 0.3 is 0 Å². The lowest BCUT2D eigenvalue weighted by Crippen LogP contribution is -1.91. The summed E-state index contributed by atoms with van der Waals surface area (Å²) in [5.41, 5.74) is 0. The van der Waals surface area contributed by atoms with E-state index in [2.05, 4.69) is 27.7 Å². The van der Waals surface area contributed by atoms with Crippen molar-refractivity contribution in [2.45, 2.75) is 40.5 Å². The quantitative estimate of drug-likeness (QED) is 0.399. The van der Waals surface area contributed by atoms with Gasteiger partial charge in [-0.05, 0) is 11.8 Å². The van der Waals surface area contributed by atoms with E-state index in [1.54, 1.807) is 0 Å². The van der Waals surface area contributed by atoms with Crippen LogP contribution in [0.1, 0.15) is 40.5 Å². The molecule has 0 aliphatic rings. The summed E-state index contributed by atoms with van der Waals surface area (Å²) in [6.45, 7) is 9.12. The summed E-state index contributed by atoms with van der Waals surface area (Å²) in [6.07, 6.45) is 2.77. The fraction of sp³-hybridized carbons (Fsp3) is 1.00. The van der Waals surface area contributed by atoms with Crippen LogP contribution in [0.3, 0.4) is 0 Å². The van der Waals surface area contributed by atoms with Gasteiger partial charge in [0.25, 0.3) is 0 Å². The lowest BCUT2D eigenvalue weighted by Gasteiger charge is -2.05. The van der Waals surface area contributed by atoms with Crippen molar-refractivity contribution in [1.29, 1.82) is 0 Å². The highest BCUT2D eigenvalue weighted by Gasteiger charge is 1.95. The third-order valence-corrected chi connectivity index (χ3v) is 1.32. The zero-order chi connectivity index (χ0) is 10.6. The van der Waals surface area contributed by atoms with E-state index in [0.29, 0.717) is 0 Å². The van der Waals surface area contributed by atoms with Crippen molar-refractivity contribution < 1.29 is 21.0 Å². The van der Waals surface area contributed by atoms with Crippen LogP contribution in [0, 0.1) is 11.8 Å². The molecule has 12 heavy (non-hydrogen) atoms. The molecule has 0 amide bonds.